The van der Waals surface area contributed by atoms with Crippen LogP contribution in [0.4, 0.5) is 11.5 Å². The third-order valence-corrected chi connectivity index (χ3v) is 2.66. The number of nitrogens with one attached hydrogen (secondary N) is 1. The van der Waals surface area contributed by atoms with Gasteiger partial charge in [-0.1, -0.05) is 13.3 Å². The fourth-order valence-electron chi connectivity index (χ4n) is 1.55. The minimum absolute atomic E-state index is 0.471. The standard InChI is InChI=1S/C13H25N5O/c1-4-5-9-19-13-11(14)12(16-10-17-13)15-7-6-8-18(2)3/h10H,4-9,14H2,1-3H3,(H,15,16,17). The van der Waals surface area contributed by atoms with Gasteiger partial charge in [0.1, 0.15) is 12.0 Å². The predicted octanol–water partition coefficient (Wildman–Crippen LogP) is 1.60. The SMILES string of the molecule is CCCCOc1ncnc(NCCCN(C)C)c1N. The fourth-order valence-corrected chi connectivity index (χ4v) is 1.55. The molecule has 19 heavy (non-hydrogen) atoms. The van der Waals surface area contributed by atoms with Gasteiger partial charge in [-0.05, 0) is 33.5 Å². The molecule has 1 rings (SSSR count). The van der Waals surface area contributed by atoms with E-state index in [-0.39, 0.29) is 0 Å². The van der Waals surface area contributed by atoms with E-state index >= 15 is 0 Å². The molecule has 0 unspecified atom stereocenters. The monoisotopic (exact) mass is 267 g/mol. The van der Waals surface area contributed by atoms with E-state index in [1.165, 1.54) is 6.33 Å². The maximum atomic E-state index is 5.98. The smallest absolute Gasteiger partial charge is 0.242 e. The summed E-state index contributed by atoms with van der Waals surface area (Å²) in [6.45, 7) is 4.61. The Morgan fingerprint density at radius 1 is 1.32 bits per heavy atom. The van der Waals surface area contributed by atoms with Crippen LogP contribution >= 0.6 is 0 Å². The highest BCUT2D eigenvalue weighted by Gasteiger charge is 2.08. The average Bonchev–Trinajstić information content (AvgIpc) is 2.38. The maximum Gasteiger partial charge on any atom is 0.242 e. The molecule has 0 bridgehead atoms. The van der Waals surface area contributed by atoms with E-state index in [4.69, 9.17) is 10.5 Å². The maximum absolute atomic E-state index is 5.98. The number of unbranched alkanes of at least 4 members (excludes halogenated alkanes) is 1. The first kappa shape index (κ1) is 15.5. The molecule has 108 valence electrons. The molecular weight excluding hydrogens is 242 g/mol. The topological polar surface area (TPSA) is 76.3 Å². The van der Waals surface area contributed by atoms with Crippen molar-refractivity contribution in [3.05, 3.63) is 6.33 Å². The van der Waals surface area contributed by atoms with Gasteiger partial charge in [0.15, 0.2) is 5.82 Å². The summed E-state index contributed by atoms with van der Waals surface area (Å²) < 4.78 is 5.54. The first-order valence-corrected chi connectivity index (χ1v) is 6.77. The predicted molar refractivity (Wildman–Crippen MR) is 78.5 cm³/mol. The van der Waals surface area contributed by atoms with E-state index in [0.29, 0.717) is 24.0 Å². The van der Waals surface area contributed by atoms with Gasteiger partial charge in [-0.15, -0.1) is 0 Å². The Kier molecular flexibility index (Phi) is 6.95. The molecule has 0 radical (unpaired) electrons. The normalized spacial score (nSPS) is 10.7. The van der Waals surface area contributed by atoms with Crippen molar-refractivity contribution in [3.8, 4) is 5.88 Å². The Balaban J connectivity index is 2.47. The summed E-state index contributed by atoms with van der Waals surface area (Å²) in [6.07, 6.45) is 4.59. The van der Waals surface area contributed by atoms with Gasteiger partial charge in [0.25, 0.3) is 0 Å². The lowest BCUT2D eigenvalue weighted by atomic mass is 10.3. The Morgan fingerprint density at radius 2 is 2.11 bits per heavy atom. The molecule has 0 aliphatic heterocycles. The van der Waals surface area contributed by atoms with Crippen LogP contribution in [0.1, 0.15) is 26.2 Å². The summed E-state index contributed by atoms with van der Waals surface area (Å²) in [5.41, 5.74) is 6.47. The van der Waals surface area contributed by atoms with Crippen molar-refractivity contribution >= 4 is 11.5 Å². The summed E-state index contributed by atoms with van der Waals surface area (Å²) in [5, 5.41) is 3.22. The van der Waals surface area contributed by atoms with Gasteiger partial charge in [0.2, 0.25) is 5.88 Å². The molecular formula is C13H25N5O. The van der Waals surface area contributed by atoms with E-state index in [1.54, 1.807) is 0 Å². The Morgan fingerprint density at radius 3 is 2.79 bits per heavy atom. The number of hydrogen-bond donors (Lipinski definition) is 2. The van der Waals surface area contributed by atoms with E-state index in [1.807, 2.05) is 0 Å². The minimum atomic E-state index is 0.471. The van der Waals surface area contributed by atoms with Crippen LogP contribution in [0.25, 0.3) is 0 Å². The van der Waals surface area contributed by atoms with Crippen molar-refractivity contribution in [2.75, 3.05) is 44.8 Å². The number of nitrogens with zero attached hydrogens (tertiary/aromatic N) is 3. The number of nitrogen functional groups attached to an aromatic ring is 1. The van der Waals surface area contributed by atoms with Crippen LogP contribution in [0.15, 0.2) is 6.33 Å². The molecule has 0 aliphatic rings. The largest absolute Gasteiger partial charge is 0.476 e. The average molecular weight is 267 g/mol. The van der Waals surface area contributed by atoms with Gasteiger partial charge in [-0.3, -0.25) is 0 Å². The van der Waals surface area contributed by atoms with Gasteiger partial charge >= 0.3 is 0 Å². The third kappa shape index (κ3) is 5.74. The lowest BCUT2D eigenvalue weighted by molar-refractivity contribution is 0.299. The van der Waals surface area contributed by atoms with Crippen LogP contribution in [-0.4, -0.2) is 48.7 Å². The van der Waals surface area contributed by atoms with Gasteiger partial charge in [-0.2, -0.15) is 4.98 Å². The lowest BCUT2D eigenvalue weighted by Crippen LogP contribution is -2.17. The highest BCUT2D eigenvalue weighted by Crippen LogP contribution is 2.24. The number of aromatic nitrogens is 2. The molecule has 6 heteroatoms. The molecule has 1 aromatic rings. The molecule has 0 spiro atoms. The number of nitrogens with two attached hydrogens (primary N) is 1. The Hall–Kier alpha value is -1.56. The van der Waals surface area contributed by atoms with E-state index in [0.717, 1.165) is 32.4 Å². The van der Waals surface area contributed by atoms with E-state index in [9.17, 15) is 0 Å². The van der Waals surface area contributed by atoms with Crippen molar-refractivity contribution in [3.63, 3.8) is 0 Å². The zero-order valence-corrected chi connectivity index (χ0v) is 12.1. The molecule has 0 fully saturated rings. The summed E-state index contributed by atoms with van der Waals surface area (Å²) in [6, 6.07) is 0. The molecule has 0 aromatic carbocycles. The zero-order valence-electron chi connectivity index (χ0n) is 12.1. The van der Waals surface area contributed by atoms with Crippen molar-refractivity contribution in [2.45, 2.75) is 26.2 Å². The molecule has 1 heterocycles. The summed E-state index contributed by atoms with van der Waals surface area (Å²) in [4.78, 5) is 10.3. The molecule has 0 saturated heterocycles. The van der Waals surface area contributed by atoms with Crippen LogP contribution in [0.5, 0.6) is 5.88 Å². The molecule has 3 N–H and O–H groups in total. The second-order valence-electron chi connectivity index (χ2n) is 4.73. The van der Waals surface area contributed by atoms with Crippen molar-refractivity contribution in [1.29, 1.82) is 0 Å². The Bertz CT molecular complexity index is 370. The molecule has 0 atom stereocenters. The summed E-state index contributed by atoms with van der Waals surface area (Å²) in [7, 11) is 4.11. The van der Waals surface area contributed by atoms with Crippen LogP contribution < -0.4 is 15.8 Å². The number of hydrogen-bond acceptors (Lipinski definition) is 6. The van der Waals surface area contributed by atoms with Gasteiger partial charge in [0, 0.05) is 6.54 Å². The quantitative estimate of drug-likeness (QED) is 0.662. The molecule has 0 amide bonds. The van der Waals surface area contributed by atoms with Crippen LogP contribution in [0, 0.1) is 0 Å². The van der Waals surface area contributed by atoms with Gasteiger partial charge in [0.05, 0.1) is 6.61 Å². The lowest BCUT2D eigenvalue weighted by Gasteiger charge is -2.13. The number of anilines is 2. The molecule has 0 aliphatic carbocycles. The van der Waals surface area contributed by atoms with Crippen LogP contribution in [0.3, 0.4) is 0 Å². The number of rotatable bonds is 9. The summed E-state index contributed by atoms with van der Waals surface area (Å²) >= 11 is 0. The fraction of sp³-hybridized carbons (Fsp3) is 0.692. The molecule has 1 aromatic heterocycles. The van der Waals surface area contributed by atoms with Crippen molar-refractivity contribution in [2.24, 2.45) is 0 Å². The van der Waals surface area contributed by atoms with Crippen LogP contribution in [-0.2, 0) is 0 Å². The third-order valence-electron chi connectivity index (χ3n) is 2.66. The Labute approximate surface area is 115 Å². The summed E-state index contributed by atoms with van der Waals surface area (Å²) in [5.74, 6) is 1.12. The second-order valence-corrected chi connectivity index (χ2v) is 4.73. The molecule has 6 nitrogen and oxygen atoms in total. The van der Waals surface area contributed by atoms with Gasteiger partial charge < -0.3 is 20.7 Å². The van der Waals surface area contributed by atoms with Gasteiger partial charge in [-0.25, -0.2) is 4.98 Å². The highest BCUT2D eigenvalue weighted by atomic mass is 16.5. The highest BCUT2D eigenvalue weighted by molar-refractivity contribution is 5.66. The number of ether oxygens (including phenoxy) is 1. The second kappa shape index (κ2) is 8.53. The first-order chi connectivity index (χ1) is 9.15. The van der Waals surface area contributed by atoms with E-state index in [2.05, 4.69) is 41.2 Å². The van der Waals surface area contributed by atoms with Crippen molar-refractivity contribution < 1.29 is 4.74 Å². The minimum Gasteiger partial charge on any atom is -0.476 e. The zero-order chi connectivity index (χ0) is 14.1. The first-order valence-electron chi connectivity index (χ1n) is 6.77. The molecule has 0 saturated carbocycles. The van der Waals surface area contributed by atoms with E-state index < -0.39 is 0 Å². The van der Waals surface area contributed by atoms with Crippen molar-refractivity contribution in [1.82, 2.24) is 14.9 Å². The van der Waals surface area contributed by atoms with Crippen LogP contribution in [0.2, 0.25) is 0 Å².